The van der Waals surface area contributed by atoms with E-state index in [1.165, 1.54) is 0 Å². The fraction of sp³-hybridized carbons (Fsp3) is 0.562. The molecular formula is C16H27Cl2N3O2. The van der Waals surface area contributed by atoms with Crippen LogP contribution in [0.2, 0.25) is 5.02 Å². The Morgan fingerprint density at radius 2 is 2.09 bits per heavy atom. The van der Waals surface area contributed by atoms with Crippen molar-refractivity contribution in [1.29, 1.82) is 0 Å². The molecule has 7 heteroatoms. The Bertz CT molecular complexity index is 498. The predicted octanol–water partition coefficient (Wildman–Crippen LogP) is 3.01. The van der Waals surface area contributed by atoms with Crippen LogP contribution in [0.15, 0.2) is 18.2 Å². The van der Waals surface area contributed by atoms with Crippen LogP contribution in [-0.2, 0) is 4.79 Å². The van der Waals surface area contributed by atoms with E-state index in [9.17, 15) is 4.79 Å². The van der Waals surface area contributed by atoms with Gasteiger partial charge in [-0.05, 0) is 38.2 Å². The minimum atomic E-state index is -0.528. The highest BCUT2D eigenvalue weighted by atomic mass is 35.5. The first-order valence-electron chi connectivity index (χ1n) is 7.48. The number of nitrogens with two attached hydrogens (primary N) is 1. The highest BCUT2D eigenvalue weighted by molar-refractivity contribution is 6.32. The molecule has 0 saturated heterocycles. The third kappa shape index (κ3) is 7.40. The van der Waals surface area contributed by atoms with Crippen LogP contribution in [0.4, 0.5) is 5.69 Å². The molecule has 1 aromatic rings. The van der Waals surface area contributed by atoms with Crippen LogP contribution in [0, 0.1) is 5.92 Å². The first-order valence-corrected chi connectivity index (χ1v) is 7.86. The van der Waals surface area contributed by atoms with Gasteiger partial charge < -0.3 is 20.7 Å². The summed E-state index contributed by atoms with van der Waals surface area (Å²) in [5.74, 6) is 0.531. The zero-order valence-corrected chi connectivity index (χ0v) is 15.7. The predicted molar refractivity (Wildman–Crippen MR) is 98.8 cm³/mol. The van der Waals surface area contributed by atoms with Gasteiger partial charge in [-0.1, -0.05) is 31.9 Å². The molecule has 0 radical (unpaired) electrons. The number of hydrogen-bond acceptors (Lipinski definition) is 4. The molecule has 132 valence electrons. The maximum absolute atomic E-state index is 12.0. The lowest BCUT2D eigenvalue weighted by atomic mass is 9.99. The van der Waals surface area contributed by atoms with Crippen molar-refractivity contribution < 1.29 is 9.53 Å². The molecule has 5 nitrogen and oxygen atoms in total. The number of amides is 1. The van der Waals surface area contributed by atoms with Crippen LogP contribution < -0.4 is 15.8 Å². The van der Waals surface area contributed by atoms with E-state index in [1.807, 2.05) is 32.8 Å². The van der Waals surface area contributed by atoms with Gasteiger partial charge in [-0.2, -0.15) is 0 Å². The Morgan fingerprint density at radius 1 is 1.43 bits per heavy atom. The SMILES string of the molecule is CCC(C)C(N)C(=O)Nc1ccc(OCCN(C)C)c(Cl)c1.Cl. The number of nitrogens with one attached hydrogen (secondary N) is 1. The zero-order valence-electron chi connectivity index (χ0n) is 14.1. The van der Waals surface area contributed by atoms with Crippen LogP contribution in [-0.4, -0.2) is 44.1 Å². The van der Waals surface area contributed by atoms with Gasteiger partial charge >= 0.3 is 0 Å². The summed E-state index contributed by atoms with van der Waals surface area (Å²) < 4.78 is 5.60. The van der Waals surface area contributed by atoms with Gasteiger partial charge in [-0.3, -0.25) is 4.79 Å². The molecule has 0 aliphatic heterocycles. The number of ether oxygens (including phenoxy) is 1. The van der Waals surface area contributed by atoms with Crippen molar-refractivity contribution in [1.82, 2.24) is 4.90 Å². The van der Waals surface area contributed by atoms with Crippen LogP contribution in [0.1, 0.15) is 20.3 Å². The van der Waals surface area contributed by atoms with E-state index in [2.05, 4.69) is 5.32 Å². The molecule has 0 saturated carbocycles. The summed E-state index contributed by atoms with van der Waals surface area (Å²) in [4.78, 5) is 14.1. The van der Waals surface area contributed by atoms with E-state index >= 15 is 0 Å². The molecular weight excluding hydrogens is 337 g/mol. The summed E-state index contributed by atoms with van der Waals surface area (Å²) in [6.07, 6.45) is 0.855. The molecule has 3 N–H and O–H groups in total. The average Bonchev–Trinajstić information content (AvgIpc) is 2.47. The highest BCUT2D eigenvalue weighted by Crippen LogP contribution is 2.27. The summed E-state index contributed by atoms with van der Waals surface area (Å²) >= 11 is 6.18. The number of hydrogen-bond donors (Lipinski definition) is 2. The number of nitrogens with zero attached hydrogens (tertiary/aromatic N) is 1. The quantitative estimate of drug-likeness (QED) is 0.744. The molecule has 0 spiro atoms. The largest absolute Gasteiger partial charge is 0.491 e. The lowest BCUT2D eigenvalue weighted by molar-refractivity contribution is -0.118. The smallest absolute Gasteiger partial charge is 0.241 e. The van der Waals surface area contributed by atoms with E-state index in [4.69, 9.17) is 22.1 Å². The number of halogens is 2. The summed E-state index contributed by atoms with van der Waals surface area (Å²) in [5, 5.41) is 3.25. The van der Waals surface area contributed by atoms with Gasteiger partial charge in [-0.25, -0.2) is 0 Å². The Balaban J connectivity index is 0.00000484. The minimum Gasteiger partial charge on any atom is -0.491 e. The molecule has 0 aromatic heterocycles. The van der Waals surface area contributed by atoms with Crippen molar-refractivity contribution in [2.24, 2.45) is 11.7 Å². The van der Waals surface area contributed by atoms with Gasteiger partial charge in [0, 0.05) is 12.2 Å². The van der Waals surface area contributed by atoms with Crippen LogP contribution in [0.25, 0.3) is 0 Å². The lowest BCUT2D eigenvalue weighted by Gasteiger charge is -2.18. The third-order valence-corrected chi connectivity index (χ3v) is 3.85. The number of carbonyl (C=O) groups excluding carboxylic acids is 1. The van der Waals surface area contributed by atoms with Gasteiger partial charge in [0.15, 0.2) is 0 Å². The normalized spacial score (nSPS) is 13.2. The molecule has 0 heterocycles. The molecule has 1 aromatic carbocycles. The Labute approximate surface area is 149 Å². The summed E-state index contributed by atoms with van der Waals surface area (Å²) in [5.41, 5.74) is 6.53. The third-order valence-electron chi connectivity index (χ3n) is 3.56. The monoisotopic (exact) mass is 363 g/mol. The standard InChI is InChI=1S/C16H26ClN3O2.ClH/c1-5-11(2)15(18)16(21)19-12-6-7-14(13(17)10-12)22-9-8-20(3)4;/h6-7,10-11,15H,5,8-9,18H2,1-4H3,(H,19,21);1H. The number of rotatable bonds is 8. The lowest BCUT2D eigenvalue weighted by Crippen LogP contribution is -2.40. The highest BCUT2D eigenvalue weighted by Gasteiger charge is 2.19. The molecule has 1 rings (SSSR count). The summed E-state index contributed by atoms with van der Waals surface area (Å²) in [6.45, 7) is 5.32. The van der Waals surface area contributed by atoms with Crippen molar-refractivity contribution in [3.05, 3.63) is 23.2 Å². The molecule has 1 amide bonds. The van der Waals surface area contributed by atoms with Gasteiger partial charge in [0.1, 0.15) is 12.4 Å². The fourth-order valence-corrected chi connectivity index (χ4v) is 2.01. The van der Waals surface area contributed by atoms with E-state index < -0.39 is 6.04 Å². The molecule has 0 fully saturated rings. The van der Waals surface area contributed by atoms with Crippen molar-refractivity contribution in [2.45, 2.75) is 26.3 Å². The van der Waals surface area contributed by atoms with Crippen molar-refractivity contribution in [3.63, 3.8) is 0 Å². The first-order chi connectivity index (χ1) is 10.3. The number of likely N-dealkylation sites (N-methyl/N-ethyl adjacent to an activating group) is 1. The van der Waals surface area contributed by atoms with Crippen molar-refractivity contribution >= 4 is 35.6 Å². The minimum absolute atomic E-state index is 0. The molecule has 0 bridgehead atoms. The van der Waals surface area contributed by atoms with Gasteiger partial charge in [0.2, 0.25) is 5.91 Å². The summed E-state index contributed by atoms with van der Waals surface area (Å²) in [7, 11) is 3.95. The van der Waals surface area contributed by atoms with Crippen molar-refractivity contribution in [3.8, 4) is 5.75 Å². The maximum atomic E-state index is 12.0. The number of anilines is 1. The topological polar surface area (TPSA) is 67.6 Å². The van der Waals surface area contributed by atoms with E-state index in [1.54, 1.807) is 18.2 Å². The average molecular weight is 364 g/mol. The molecule has 2 unspecified atom stereocenters. The van der Waals surface area contributed by atoms with Gasteiger partial charge in [0.25, 0.3) is 0 Å². The molecule has 0 aliphatic rings. The Morgan fingerprint density at radius 3 is 2.61 bits per heavy atom. The Kier molecular flexibility index (Phi) is 10.2. The van der Waals surface area contributed by atoms with Crippen LogP contribution in [0.5, 0.6) is 5.75 Å². The van der Waals surface area contributed by atoms with E-state index in [0.717, 1.165) is 13.0 Å². The number of carbonyl (C=O) groups is 1. The Hall–Kier alpha value is -1.01. The summed E-state index contributed by atoms with van der Waals surface area (Å²) in [6, 6.07) is 4.66. The van der Waals surface area contributed by atoms with Gasteiger partial charge in [0.05, 0.1) is 11.1 Å². The number of benzene rings is 1. The fourth-order valence-electron chi connectivity index (χ4n) is 1.77. The molecule has 0 aliphatic carbocycles. The van der Waals surface area contributed by atoms with E-state index in [0.29, 0.717) is 23.1 Å². The van der Waals surface area contributed by atoms with E-state index in [-0.39, 0.29) is 24.2 Å². The molecule has 2 atom stereocenters. The molecule has 23 heavy (non-hydrogen) atoms. The second-order valence-corrected chi connectivity index (χ2v) is 6.10. The van der Waals surface area contributed by atoms with Gasteiger partial charge in [-0.15, -0.1) is 12.4 Å². The zero-order chi connectivity index (χ0) is 16.7. The second kappa shape index (κ2) is 10.7. The second-order valence-electron chi connectivity index (χ2n) is 5.70. The van der Waals surface area contributed by atoms with Crippen LogP contribution >= 0.6 is 24.0 Å². The van der Waals surface area contributed by atoms with Crippen molar-refractivity contribution in [2.75, 3.05) is 32.6 Å². The van der Waals surface area contributed by atoms with Crippen LogP contribution in [0.3, 0.4) is 0 Å². The first kappa shape index (κ1) is 22.0. The maximum Gasteiger partial charge on any atom is 0.241 e.